The highest BCUT2D eigenvalue weighted by atomic mass is 16.7. The molecule has 24 heavy (non-hydrogen) atoms. The molecule has 4 aliphatic rings. The van der Waals surface area contributed by atoms with Gasteiger partial charge < -0.3 is 23.7 Å². The second-order valence-electron chi connectivity index (χ2n) is 6.56. The van der Waals surface area contributed by atoms with Gasteiger partial charge in [0.05, 0.1) is 37.4 Å². The highest BCUT2D eigenvalue weighted by Crippen LogP contribution is 2.42. The predicted octanol–water partition coefficient (Wildman–Crippen LogP) is 2.56. The Kier molecular flexibility index (Phi) is 4.00. The SMILES string of the molecule is COC1=C(C2=COC3CC(OC)CCC3C2=O)CC2=C(C1)OCO2. The minimum atomic E-state index is -0.0990. The van der Waals surface area contributed by atoms with E-state index in [1.807, 2.05) is 0 Å². The van der Waals surface area contributed by atoms with E-state index < -0.39 is 0 Å². The molecule has 0 radical (unpaired) electrons. The Morgan fingerprint density at radius 1 is 1.12 bits per heavy atom. The van der Waals surface area contributed by atoms with Gasteiger partial charge in [-0.15, -0.1) is 0 Å². The molecule has 2 aliphatic carbocycles. The summed E-state index contributed by atoms with van der Waals surface area (Å²) in [6.45, 7) is 0.238. The van der Waals surface area contributed by atoms with Crippen molar-refractivity contribution in [1.82, 2.24) is 0 Å². The van der Waals surface area contributed by atoms with Gasteiger partial charge in [0.15, 0.2) is 5.78 Å². The topological polar surface area (TPSA) is 63.2 Å². The molecule has 2 aliphatic heterocycles. The highest BCUT2D eigenvalue weighted by molar-refractivity contribution is 6.02. The third-order valence-electron chi connectivity index (χ3n) is 5.38. The summed E-state index contributed by atoms with van der Waals surface area (Å²) in [7, 11) is 3.33. The van der Waals surface area contributed by atoms with E-state index in [1.165, 1.54) is 0 Å². The molecule has 0 aromatic carbocycles. The molecule has 0 saturated heterocycles. The summed E-state index contributed by atoms with van der Waals surface area (Å²) in [6.07, 6.45) is 5.18. The normalized spacial score (nSPS) is 32.3. The van der Waals surface area contributed by atoms with Crippen LogP contribution in [0.5, 0.6) is 0 Å². The second-order valence-corrected chi connectivity index (χ2v) is 6.56. The fraction of sp³-hybridized carbons (Fsp3) is 0.611. The molecule has 0 bridgehead atoms. The molecule has 1 saturated carbocycles. The molecule has 0 aromatic rings. The van der Waals surface area contributed by atoms with Crippen molar-refractivity contribution in [3.63, 3.8) is 0 Å². The number of ketones is 1. The molecule has 0 N–H and O–H groups in total. The maximum atomic E-state index is 13.0. The Morgan fingerprint density at radius 3 is 2.67 bits per heavy atom. The lowest BCUT2D eigenvalue weighted by Gasteiger charge is -2.37. The Balaban J connectivity index is 1.60. The maximum Gasteiger partial charge on any atom is 0.230 e. The number of methoxy groups -OCH3 is 2. The van der Waals surface area contributed by atoms with Crippen molar-refractivity contribution in [2.75, 3.05) is 21.0 Å². The average Bonchev–Trinajstić information content (AvgIpc) is 3.08. The number of fused-ring (bicyclic) bond motifs is 1. The van der Waals surface area contributed by atoms with E-state index in [2.05, 4.69) is 0 Å². The Labute approximate surface area is 141 Å². The number of hydrogen-bond acceptors (Lipinski definition) is 6. The lowest BCUT2D eigenvalue weighted by atomic mass is 9.76. The van der Waals surface area contributed by atoms with Crippen molar-refractivity contribution in [1.29, 1.82) is 0 Å². The maximum absolute atomic E-state index is 13.0. The number of ether oxygens (including phenoxy) is 5. The van der Waals surface area contributed by atoms with Crippen LogP contribution in [0.25, 0.3) is 0 Å². The van der Waals surface area contributed by atoms with Gasteiger partial charge >= 0.3 is 0 Å². The van der Waals surface area contributed by atoms with Crippen LogP contribution in [-0.4, -0.2) is 39.0 Å². The minimum absolute atomic E-state index is 0.0871. The Bertz CT molecular complexity index is 644. The first kappa shape index (κ1) is 15.6. The number of allylic oxidation sites excluding steroid dienone is 2. The first-order chi connectivity index (χ1) is 11.7. The van der Waals surface area contributed by atoms with E-state index in [1.54, 1.807) is 20.5 Å². The molecule has 3 atom stereocenters. The van der Waals surface area contributed by atoms with Crippen molar-refractivity contribution >= 4 is 5.78 Å². The Hall–Kier alpha value is -1.95. The highest BCUT2D eigenvalue weighted by Gasteiger charge is 2.42. The first-order valence-electron chi connectivity index (χ1n) is 8.38. The van der Waals surface area contributed by atoms with Crippen LogP contribution < -0.4 is 0 Å². The van der Waals surface area contributed by atoms with Crippen LogP contribution in [0.1, 0.15) is 32.1 Å². The number of carbonyl (C=O) groups is 1. The van der Waals surface area contributed by atoms with Crippen molar-refractivity contribution in [2.45, 2.75) is 44.3 Å². The van der Waals surface area contributed by atoms with Gasteiger partial charge in [0, 0.05) is 25.5 Å². The van der Waals surface area contributed by atoms with Crippen LogP contribution >= 0.6 is 0 Å². The van der Waals surface area contributed by atoms with E-state index in [-0.39, 0.29) is 30.7 Å². The third-order valence-corrected chi connectivity index (χ3v) is 5.38. The molecular formula is C18H22O6. The average molecular weight is 334 g/mol. The lowest BCUT2D eigenvalue weighted by molar-refractivity contribution is -0.129. The van der Waals surface area contributed by atoms with Gasteiger partial charge in [0.25, 0.3) is 0 Å². The quantitative estimate of drug-likeness (QED) is 0.790. The van der Waals surface area contributed by atoms with E-state index in [0.717, 1.165) is 42.1 Å². The van der Waals surface area contributed by atoms with Crippen LogP contribution in [-0.2, 0) is 28.5 Å². The van der Waals surface area contributed by atoms with Crippen molar-refractivity contribution < 1.29 is 28.5 Å². The van der Waals surface area contributed by atoms with Crippen molar-refractivity contribution in [3.05, 3.63) is 34.7 Å². The van der Waals surface area contributed by atoms with Crippen molar-refractivity contribution in [3.8, 4) is 0 Å². The van der Waals surface area contributed by atoms with Crippen LogP contribution in [0, 0.1) is 5.92 Å². The number of Topliss-reactive ketones (excluding diaryl/α,β-unsaturated/α-hetero) is 1. The van der Waals surface area contributed by atoms with E-state index >= 15 is 0 Å². The van der Waals surface area contributed by atoms with Gasteiger partial charge in [0.2, 0.25) is 6.79 Å². The molecule has 4 rings (SSSR count). The van der Waals surface area contributed by atoms with E-state index in [4.69, 9.17) is 23.7 Å². The first-order valence-corrected chi connectivity index (χ1v) is 8.38. The summed E-state index contributed by atoms with van der Waals surface area (Å²) in [5.74, 6) is 2.40. The minimum Gasteiger partial charge on any atom is -0.500 e. The van der Waals surface area contributed by atoms with Gasteiger partial charge in [0.1, 0.15) is 23.4 Å². The number of carbonyl (C=O) groups excluding carboxylic acids is 1. The molecule has 0 spiro atoms. The largest absolute Gasteiger partial charge is 0.500 e. The van der Waals surface area contributed by atoms with Crippen LogP contribution in [0.3, 0.4) is 0 Å². The van der Waals surface area contributed by atoms with Gasteiger partial charge in [-0.2, -0.15) is 0 Å². The molecule has 1 fully saturated rings. The molecule has 2 heterocycles. The summed E-state index contributed by atoms with van der Waals surface area (Å²) in [5, 5.41) is 0. The Morgan fingerprint density at radius 2 is 1.92 bits per heavy atom. The molecule has 3 unspecified atom stereocenters. The van der Waals surface area contributed by atoms with Gasteiger partial charge in [-0.1, -0.05) is 0 Å². The monoisotopic (exact) mass is 334 g/mol. The fourth-order valence-electron chi connectivity index (χ4n) is 3.97. The summed E-state index contributed by atoms with van der Waals surface area (Å²) < 4.78 is 27.8. The molecule has 0 aromatic heterocycles. The smallest absolute Gasteiger partial charge is 0.230 e. The second kappa shape index (κ2) is 6.16. The fourth-order valence-corrected chi connectivity index (χ4v) is 3.97. The standard InChI is InChI=1S/C18H22O6/c1-20-10-3-4-11-15(5-10)22-8-13(18(11)19)12-6-16-17(24-9-23-16)7-14(12)21-2/h8,10-11,15H,3-7,9H2,1-2H3. The summed E-state index contributed by atoms with van der Waals surface area (Å²) >= 11 is 0. The predicted molar refractivity (Wildman–Crippen MR) is 83.4 cm³/mol. The van der Waals surface area contributed by atoms with Crippen molar-refractivity contribution in [2.24, 2.45) is 5.92 Å². The van der Waals surface area contributed by atoms with Gasteiger partial charge in [-0.05, 0) is 12.8 Å². The summed E-state index contributed by atoms with van der Waals surface area (Å²) in [5.41, 5.74) is 1.48. The van der Waals surface area contributed by atoms with Crippen LogP contribution in [0.2, 0.25) is 0 Å². The lowest BCUT2D eigenvalue weighted by Crippen LogP contribution is -2.42. The van der Waals surface area contributed by atoms with Gasteiger partial charge in [-0.3, -0.25) is 4.79 Å². The zero-order valence-electron chi connectivity index (χ0n) is 14.0. The van der Waals surface area contributed by atoms with E-state index in [0.29, 0.717) is 18.4 Å². The third kappa shape index (κ3) is 2.49. The zero-order chi connectivity index (χ0) is 16.7. The van der Waals surface area contributed by atoms with Crippen LogP contribution in [0.4, 0.5) is 0 Å². The zero-order valence-corrected chi connectivity index (χ0v) is 14.0. The summed E-state index contributed by atoms with van der Waals surface area (Å²) in [6, 6.07) is 0. The molecule has 0 amide bonds. The molecular weight excluding hydrogens is 312 g/mol. The van der Waals surface area contributed by atoms with Crippen LogP contribution in [0.15, 0.2) is 34.7 Å². The van der Waals surface area contributed by atoms with E-state index in [9.17, 15) is 4.79 Å². The molecule has 130 valence electrons. The van der Waals surface area contributed by atoms with Gasteiger partial charge in [-0.25, -0.2) is 0 Å². The number of hydrogen-bond donors (Lipinski definition) is 0. The summed E-state index contributed by atoms with van der Waals surface area (Å²) in [4.78, 5) is 13.0. The molecule has 6 heteroatoms. The number of rotatable bonds is 3. The molecule has 6 nitrogen and oxygen atoms in total.